The summed E-state index contributed by atoms with van der Waals surface area (Å²) in [6, 6.07) is 0.399. The number of thiophene rings is 1. The standard InChI is InChI=1S/C21H33N3O2S2/c1-3-12-24-13-10-15(11-14-24)22-21(27)23-19-18(20(25)26-2)16-8-6-4-5-7-9-17(16)28-19/h15H,3-14H2,1-2H3,(H2,22,23,27). The van der Waals surface area contributed by atoms with Crippen molar-refractivity contribution in [3.8, 4) is 0 Å². The maximum Gasteiger partial charge on any atom is 0.341 e. The van der Waals surface area contributed by atoms with Gasteiger partial charge in [0.2, 0.25) is 0 Å². The highest BCUT2D eigenvalue weighted by Gasteiger charge is 2.26. The van der Waals surface area contributed by atoms with Crippen LogP contribution in [0.25, 0.3) is 0 Å². The SMILES string of the molecule is CCCN1CCC(NC(=S)Nc2sc3c(c2C(=O)OC)CCCCCC3)CC1. The fourth-order valence-electron chi connectivity index (χ4n) is 4.27. The molecule has 0 radical (unpaired) electrons. The second-order valence-corrected chi connectivity index (χ2v) is 9.34. The first-order valence-electron chi connectivity index (χ1n) is 10.6. The molecule has 1 aromatic heterocycles. The Labute approximate surface area is 178 Å². The van der Waals surface area contributed by atoms with Crippen molar-refractivity contribution in [3.05, 3.63) is 16.0 Å². The van der Waals surface area contributed by atoms with Gasteiger partial charge in [-0.15, -0.1) is 11.3 Å². The maximum absolute atomic E-state index is 12.5. The van der Waals surface area contributed by atoms with Crippen molar-refractivity contribution in [1.29, 1.82) is 0 Å². The summed E-state index contributed by atoms with van der Waals surface area (Å²) in [7, 11) is 1.46. The van der Waals surface area contributed by atoms with E-state index in [1.165, 1.54) is 49.8 Å². The molecule has 0 spiro atoms. The Morgan fingerprint density at radius 2 is 1.93 bits per heavy atom. The Bertz CT molecular complexity index is 681. The van der Waals surface area contributed by atoms with Gasteiger partial charge in [0.25, 0.3) is 0 Å². The van der Waals surface area contributed by atoms with Gasteiger partial charge in [-0.2, -0.15) is 0 Å². The number of hydrogen-bond acceptors (Lipinski definition) is 5. The second-order valence-electron chi connectivity index (χ2n) is 7.83. The molecule has 5 nitrogen and oxygen atoms in total. The quantitative estimate of drug-likeness (QED) is 0.542. The van der Waals surface area contributed by atoms with Gasteiger partial charge in [-0.05, 0) is 69.3 Å². The molecule has 0 amide bonds. The van der Waals surface area contributed by atoms with E-state index in [1.807, 2.05) is 0 Å². The summed E-state index contributed by atoms with van der Waals surface area (Å²) in [5.41, 5.74) is 1.88. The third kappa shape index (κ3) is 5.45. The van der Waals surface area contributed by atoms with Crippen molar-refractivity contribution < 1.29 is 9.53 Å². The number of ether oxygens (including phenoxy) is 1. The average molecular weight is 424 g/mol. The van der Waals surface area contributed by atoms with E-state index >= 15 is 0 Å². The first-order valence-corrected chi connectivity index (χ1v) is 11.9. The molecule has 7 heteroatoms. The molecule has 2 N–H and O–H groups in total. The van der Waals surface area contributed by atoms with Crippen LogP contribution in [0.15, 0.2) is 0 Å². The molecule has 0 atom stereocenters. The molecule has 3 rings (SSSR count). The van der Waals surface area contributed by atoms with Gasteiger partial charge in [0, 0.05) is 24.0 Å². The number of anilines is 1. The van der Waals surface area contributed by atoms with Crippen LogP contribution >= 0.6 is 23.6 Å². The molecule has 1 aromatic rings. The summed E-state index contributed by atoms with van der Waals surface area (Å²) in [6.45, 7) is 5.65. The van der Waals surface area contributed by atoms with Crippen molar-refractivity contribution in [2.75, 3.05) is 32.1 Å². The molecule has 2 aliphatic rings. The van der Waals surface area contributed by atoms with Crippen LogP contribution in [0.3, 0.4) is 0 Å². The Morgan fingerprint density at radius 3 is 2.61 bits per heavy atom. The predicted octanol–water partition coefficient (Wildman–Crippen LogP) is 4.35. The van der Waals surface area contributed by atoms with Gasteiger partial charge in [-0.1, -0.05) is 19.8 Å². The molecule has 2 heterocycles. The number of fused-ring (bicyclic) bond motifs is 1. The highest BCUT2D eigenvalue weighted by Crippen LogP contribution is 2.37. The minimum atomic E-state index is -0.253. The van der Waals surface area contributed by atoms with E-state index in [-0.39, 0.29) is 5.97 Å². The summed E-state index contributed by atoms with van der Waals surface area (Å²) in [5, 5.41) is 8.27. The van der Waals surface area contributed by atoms with Crippen LogP contribution in [0, 0.1) is 0 Å². The number of methoxy groups -OCH3 is 1. The third-order valence-electron chi connectivity index (χ3n) is 5.75. The predicted molar refractivity (Wildman–Crippen MR) is 121 cm³/mol. The number of hydrogen-bond donors (Lipinski definition) is 2. The van der Waals surface area contributed by atoms with Gasteiger partial charge in [0.15, 0.2) is 5.11 Å². The van der Waals surface area contributed by atoms with Gasteiger partial charge in [-0.25, -0.2) is 4.79 Å². The third-order valence-corrected chi connectivity index (χ3v) is 7.18. The minimum Gasteiger partial charge on any atom is -0.465 e. The molecular weight excluding hydrogens is 390 g/mol. The normalized spacial score (nSPS) is 18.6. The number of piperidine rings is 1. The second kappa shape index (κ2) is 10.6. The molecule has 1 fully saturated rings. The smallest absolute Gasteiger partial charge is 0.341 e. The number of nitrogens with zero attached hydrogens (tertiary/aromatic N) is 1. The van der Waals surface area contributed by atoms with Crippen LogP contribution in [-0.4, -0.2) is 48.8 Å². The lowest BCUT2D eigenvalue weighted by atomic mass is 9.96. The molecule has 0 aromatic carbocycles. The first kappa shape index (κ1) is 21.5. The Balaban J connectivity index is 1.66. The highest BCUT2D eigenvalue weighted by molar-refractivity contribution is 7.80. The molecule has 0 saturated carbocycles. The summed E-state index contributed by atoms with van der Waals surface area (Å²) in [6.07, 6.45) is 10.2. The van der Waals surface area contributed by atoms with Crippen molar-refractivity contribution in [2.45, 2.75) is 70.8 Å². The van der Waals surface area contributed by atoms with Crippen LogP contribution in [0.2, 0.25) is 0 Å². The number of nitrogens with one attached hydrogen (secondary N) is 2. The Kier molecular flexibility index (Phi) is 8.11. The largest absolute Gasteiger partial charge is 0.465 e. The molecule has 0 unspecified atom stereocenters. The van der Waals surface area contributed by atoms with Crippen molar-refractivity contribution in [3.63, 3.8) is 0 Å². The van der Waals surface area contributed by atoms with E-state index in [1.54, 1.807) is 11.3 Å². The topological polar surface area (TPSA) is 53.6 Å². The van der Waals surface area contributed by atoms with Crippen molar-refractivity contribution in [2.24, 2.45) is 0 Å². The number of esters is 1. The van der Waals surface area contributed by atoms with Gasteiger partial charge in [0.1, 0.15) is 5.00 Å². The van der Waals surface area contributed by atoms with Crippen LogP contribution in [-0.2, 0) is 17.6 Å². The lowest BCUT2D eigenvalue weighted by Crippen LogP contribution is -2.46. The Hall–Kier alpha value is -1.18. The fourth-order valence-corrected chi connectivity index (χ4v) is 5.88. The fraction of sp³-hybridized carbons (Fsp3) is 0.714. The van der Waals surface area contributed by atoms with Gasteiger partial charge in [0.05, 0.1) is 12.7 Å². The lowest BCUT2D eigenvalue weighted by Gasteiger charge is -2.32. The van der Waals surface area contributed by atoms with Gasteiger partial charge in [-0.3, -0.25) is 0 Å². The van der Waals surface area contributed by atoms with Crippen LogP contribution < -0.4 is 10.6 Å². The Morgan fingerprint density at radius 1 is 1.21 bits per heavy atom. The molecule has 28 heavy (non-hydrogen) atoms. The minimum absolute atomic E-state index is 0.253. The van der Waals surface area contributed by atoms with Crippen LogP contribution in [0.4, 0.5) is 5.00 Å². The summed E-state index contributed by atoms with van der Waals surface area (Å²) in [5.74, 6) is -0.253. The highest BCUT2D eigenvalue weighted by atomic mass is 32.1. The number of carbonyl (C=O) groups excluding carboxylic acids is 1. The molecule has 0 bridgehead atoms. The first-order chi connectivity index (χ1) is 13.6. The van der Waals surface area contributed by atoms with E-state index in [0.29, 0.717) is 16.7 Å². The van der Waals surface area contributed by atoms with E-state index in [9.17, 15) is 4.79 Å². The van der Waals surface area contributed by atoms with E-state index in [2.05, 4.69) is 22.5 Å². The summed E-state index contributed by atoms with van der Waals surface area (Å²) < 4.78 is 5.10. The average Bonchev–Trinajstić information content (AvgIpc) is 2.99. The van der Waals surface area contributed by atoms with Crippen molar-refractivity contribution in [1.82, 2.24) is 10.2 Å². The number of rotatable bonds is 5. The maximum atomic E-state index is 12.5. The van der Waals surface area contributed by atoms with Crippen molar-refractivity contribution >= 4 is 39.6 Å². The van der Waals surface area contributed by atoms with E-state index in [0.717, 1.165) is 50.2 Å². The zero-order valence-electron chi connectivity index (χ0n) is 17.1. The molecule has 156 valence electrons. The summed E-state index contributed by atoms with van der Waals surface area (Å²) >= 11 is 7.27. The molecular formula is C21H33N3O2S2. The van der Waals surface area contributed by atoms with Crippen LogP contribution in [0.5, 0.6) is 0 Å². The van der Waals surface area contributed by atoms with Gasteiger partial charge < -0.3 is 20.3 Å². The van der Waals surface area contributed by atoms with E-state index in [4.69, 9.17) is 17.0 Å². The molecule has 1 saturated heterocycles. The van der Waals surface area contributed by atoms with Gasteiger partial charge >= 0.3 is 5.97 Å². The lowest BCUT2D eigenvalue weighted by molar-refractivity contribution is 0.0601. The number of likely N-dealkylation sites (tertiary alicyclic amines) is 1. The number of aryl methyl sites for hydroxylation is 1. The van der Waals surface area contributed by atoms with Crippen LogP contribution in [0.1, 0.15) is 72.7 Å². The zero-order valence-corrected chi connectivity index (χ0v) is 18.8. The van der Waals surface area contributed by atoms with E-state index < -0.39 is 0 Å². The number of carbonyl (C=O) groups is 1. The zero-order chi connectivity index (χ0) is 19.9. The summed E-state index contributed by atoms with van der Waals surface area (Å²) in [4.78, 5) is 16.3. The monoisotopic (exact) mass is 423 g/mol. The number of thiocarbonyl (C=S) groups is 1. The molecule has 1 aliphatic heterocycles. The molecule has 1 aliphatic carbocycles.